The summed E-state index contributed by atoms with van der Waals surface area (Å²) in [6, 6.07) is 7.57. The van der Waals surface area contributed by atoms with E-state index in [0.717, 1.165) is 11.5 Å². The molecule has 0 saturated carbocycles. The molecule has 3 heteroatoms. The molecule has 17 heavy (non-hydrogen) atoms. The number of aliphatic hydroxyl groups excluding tert-OH is 1. The van der Waals surface area contributed by atoms with Gasteiger partial charge in [-0.15, -0.1) is 0 Å². The molecule has 0 aliphatic carbocycles. The maximum Gasteiger partial charge on any atom is 0.138 e. The number of rotatable bonds is 3. The molecule has 0 fully saturated rings. The van der Waals surface area contributed by atoms with Crippen LogP contribution in [0.5, 0.6) is 5.75 Å². The lowest BCUT2D eigenvalue weighted by Gasteiger charge is -2.23. The smallest absolute Gasteiger partial charge is 0.138 e. The summed E-state index contributed by atoms with van der Waals surface area (Å²) in [7, 11) is 0. The Morgan fingerprint density at radius 1 is 1.41 bits per heavy atom. The van der Waals surface area contributed by atoms with Crippen molar-refractivity contribution < 1.29 is 9.84 Å². The van der Waals surface area contributed by atoms with Crippen molar-refractivity contribution in [1.82, 2.24) is 0 Å². The van der Waals surface area contributed by atoms with Crippen LogP contribution in [0.4, 0.5) is 0 Å². The maximum absolute atomic E-state index is 9.22. The number of ether oxygens (including phenoxy) is 1. The topological polar surface area (TPSA) is 53.2 Å². The van der Waals surface area contributed by atoms with Crippen molar-refractivity contribution in [2.75, 3.05) is 6.61 Å². The van der Waals surface area contributed by atoms with E-state index in [-0.39, 0.29) is 12.2 Å². The van der Waals surface area contributed by atoms with Crippen LogP contribution in [-0.4, -0.2) is 17.3 Å². The highest BCUT2D eigenvalue weighted by atomic mass is 16.5. The van der Waals surface area contributed by atoms with Crippen LogP contribution in [0.15, 0.2) is 18.2 Å². The Morgan fingerprint density at radius 3 is 2.53 bits per heavy atom. The fraction of sp³-hybridized carbons (Fsp3) is 0.429. The molecule has 1 N–H and O–H groups in total. The normalized spacial score (nSPS) is 11.4. The molecular weight excluding hydrogens is 214 g/mol. The minimum absolute atomic E-state index is 0.0619. The summed E-state index contributed by atoms with van der Waals surface area (Å²) < 4.78 is 5.74. The van der Waals surface area contributed by atoms with Gasteiger partial charge in [0.25, 0.3) is 0 Å². The van der Waals surface area contributed by atoms with Crippen molar-refractivity contribution in [3.05, 3.63) is 35.2 Å². The summed E-state index contributed by atoms with van der Waals surface area (Å²) in [4.78, 5) is 0. The van der Waals surface area contributed by atoms with Crippen LogP contribution in [0.3, 0.4) is 0 Å². The molecule has 0 amide bonds. The highest BCUT2D eigenvalue weighted by Crippen LogP contribution is 2.29. The van der Waals surface area contributed by atoms with Crippen molar-refractivity contribution in [1.29, 1.82) is 5.26 Å². The van der Waals surface area contributed by atoms with Crippen LogP contribution in [0, 0.1) is 17.2 Å². The van der Waals surface area contributed by atoms with Gasteiger partial charge >= 0.3 is 0 Å². The van der Waals surface area contributed by atoms with Crippen LogP contribution >= 0.6 is 0 Å². The van der Waals surface area contributed by atoms with Gasteiger partial charge in [0, 0.05) is 5.92 Å². The molecule has 0 unspecified atom stereocenters. The molecular formula is C14H18NO2. The van der Waals surface area contributed by atoms with Crippen molar-refractivity contribution in [3.63, 3.8) is 0 Å². The summed E-state index contributed by atoms with van der Waals surface area (Å²) in [5, 5.41) is 18.4. The zero-order chi connectivity index (χ0) is 13.1. The molecule has 0 spiro atoms. The first-order valence-electron chi connectivity index (χ1n) is 5.55. The number of aliphatic hydroxyl groups is 1. The SMILES string of the molecule is C[C](CO)c1cccc(OC(C)(C)C)c1C#N. The molecule has 0 saturated heterocycles. The summed E-state index contributed by atoms with van der Waals surface area (Å²) in [5.41, 5.74) is 0.878. The summed E-state index contributed by atoms with van der Waals surface area (Å²) in [6.45, 7) is 7.54. The zero-order valence-electron chi connectivity index (χ0n) is 10.7. The van der Waals surface area contributed by atoms with Gasteiger partial charge in [0.05, 0.1) is 12.2 Å². The molecule has 0 aliphatic rings. The molecule has 0 aromatic heterocycles. The highest BCUT2D eigenvalue weighted by molar-refractivity contribution is 5.53. The highest BCUT2D eigenvalue weighted by Gasteiger charge is 2.19. The van der Waals surface area contributed by atoms with Gasteiger partial charge in [-0.3, -0.25) is 0 Å². The van der Waals surface area contributed by atoms with Crippen LogP contribution in [0.2, 0.25) is 0 Å². The standard InChI is InChI=1S/C14H18NO2/c1-10(9-16)11-6-5-7-13(12(11)8-15)17-14(2,3)4/h5-7,16H,9H2,1-4H3. The molecule has 0 aliphatic heterocycles. The Morgan fingerprint density at radius 2 is 2.06 bits per heavy atom. The molecule has 1 rings (SSSR count). The second kappa shape index (κ2) is 5.20. The predicted molar refractivity (Wildman–Crippen MR) is 66.6 cm³/mol. The zero-order valence-corrected chi connectivity index (χ0v) is 10.7. The number of hydrogen-bond donors (Lipinski definition) is 1. The second-order valence-electron chi connectivity index (χ2n) is 4.94. The van der Waals surface area contributed by atoms with E-state index in [1.165, 1.54) is 0 Å². The summed E-state index contributed by atoms with van der Waals surface area (Å²) in [6.07, 6.45) is 0. The average Bonchev–Trinajstić information content (AvgIpc) is 2.25. The van der Waals surface area contributed by atoms with Crippen LogP contribution in [0.25, 0.3) is 0 Å². The lowest BCUT2D eigenvalue weighted by molar-refractivity contribution is 0.130. The van der Waals surface area contributed by atoms with Gasteiger partial charge < -0.3 is 9.84 Å². The Labute approximate surface area is 103 Å². The van der Waals surface area contributed by atoms with Gasteiger partial charge in [0.1, 0.15) is 17.4 Å². The predicted octanol–water partition coefficient (Wildman–Crippen LogP) is 2.67. The molecule has 0 atom stereocenters. The van der Waals surface area contributed by atoms with E-state index in [1.807, 2.05) is 32.9 Å². The van der Waals surface area contributed by atoms with E-state index in [9.17, 15) is 5.26 Å². The fourth-order valence-corrected chi connectivity index (χ4v) is 1.50. The minimum Gasteiger partial charge on any atom is -0.487 e. The minimum atomic E-state index is -0.350. The van der Waals surface area contributed by atoms with Crippen molar-refractivity contribution in [2.45, 2.75) is 33.3 Å². The van der Waals surface area contributed by atoms with Gasteiger partial charge in [-0.2, -0.15) is 5.26 Å². The first kappa shape index (κ1) is 13.5. The van der Waals surface area contributed by atoms with Gasteiger partial charge in [0.2, 0.25) is 0 Å². The molecule has 3 nitrogen and oxygen atoms in total. The van der Waals surface area contributed by atoms with E-state index < -0.39 is 0 Å². The number of hydrogen-bond acceptors (Lipinski definition) is 3. The van der Waals surface area contributed by atoms with Crippen LogP contribution < -0.4 is 4.74 Å². The van der Waals surface area contributed by atoms with Gasteiger partial charge in [-0.05, 0) is 32.4 Å². The number of benzene rings is 1. The second-order valence-corrected chi connectivity index (χ2v) is 4.94. The van der Waals surface area contributed by atoms with E-state index in [1.54, 1.807) is 13.0 Å². The Bertz CT molecular complexity index is 427. The molecule has 0 bridgehead atoms. The van der Waals surface area contributed by atoms with Crippen LogP contribution in [0.1, 0.15) is 38.8 Å². The van der Waals surface area contributed by atoms with Crippen molar-refractivity contribution >= 4 is 0 Å². The molecule has 1 radical (unpaired) electrons. The summed E-state index contributed by atoms with van der Waals surface area (Å²) in [5.74, 6) is 1.33. The van der Waals surface area contributed by atoms with E-state index in [4.69, 9.17) is 9.84 Å². The van der Waals surface area contributed by atoms with Crippen LogP contribution in [-0.2, 0) is 0 Å². The van der Waals surface area contributed by atoms with Gasteiger partial charge in [0.15, 0.2) is 0 Å². The quantitative estimate of drug-likeness (QED) is 0.871. The van der Waals surface area contributed by atoms with Crippen molar-refractivity contribution in [2.24, 2.45) is 0 Å². The molecule has 91 valence electrons. The number of nitriles is 1. The van der Waals surface area contributed by atoms with E-state index in [2.05, 4.69) is 6.07 Å². The van der Waals surface area contributed by atoms with Crippen molar-refractivity contribution in [3.8, 4) is 11.8 Å². The van der Waals surface area contributed by atoms with Gasteiger partial charge in [-0.1, -0.05) is 19.1 Å². The maximum atomic E-state index is 9.22. The average molecular weight is 232 g/mol. The third kappa shape index (κ3) is 3.47. The Balaban J connectivity index is 3.20. The van der Waals surface area contributed by atoms with E-state index >= 15 is 0 Å². The fourth-order valence-electron chi connectivity index (χ4n) is 1.50. The molecule has 1 aromatic carbocycles. The summed E-state index contributed by atoms with van der Waals surface area (Å²) >= 11 is 0. The number of nitrogens with zero attached hydrogens (tertiary/aromatic N) is 1. The lowest BCUT2D eigenvalue weighted by atomic mass is 9.96. The Kier molecular flexibility index (Phi) is 4.14. The third-order valence-electron chi connectivity index (χ3n) is 2.25. The molecule has 0 heterocycles. The first-order chi connectivity index (χ1) is 7.89. The van der Waals surface area contributed by atoms with E-state index in [0.29, 0.717) is 11.3 Å². The molecule has 1 aromatic rings. The Hall–Kier alpha value is -1.53. The monoisotopic (exact) mass is 232 g/mol. The lowest BCUT2D eigenvalue weighted by Crippen LogP contribution is -2.23. The van der Waals surface area contributed by atoms with Gasteiger partial charge in [-0.25, -0.2) is 0 Å². The third-order valence-corrected chi connectivity index (χ3v) is 2.25. The first-order valence-corrected chi connectivity index (χ1v) is 5.55. The largest absolute Gasteiger partial charge is 0.487 e.